The largest absolute Gasteiger partial charge is 0.447 e. The van der Waals surface area contributed by atoms with Crippen LogP contribution in [0.2, 0.25) is 0 Å². The molecule has 0 bridgehead atoms. The van der Waals surface area contributed by atoms with Crippen LogP contribution in [-0.4, -0.2) is 22.7 Å². The minimum absolute atomic E-state index is 0.164. The fourth-order valence-electron chi connectivity index (χ4n) is 1.71. The van der Waals surface area contributed by atoms with Gasteiger partial charge in [-0.05, 0) is 28.8 Å². The molecule has 2 fully saturated rings. The Hall–Kier alpha value is -1.17. The Kier molecular flexibility index (Phi) is 2.31. The Morgan fingerprint density at radius 1 is 1.50 bits per heavy atom. The van der Waals surface area contributed by atoms with E-state index in [1.807, 2.05) is 0 Å². The standard InChI is InChI=1S/C10H10BrN3O2/c11-6-3-12-9(5-1-2-5)14-8(6)7-4-16-10(15)13-7/h3,5,7H,1-2,4H2,(H,13,15). The second-order valence-electron chi connectivity index (χ2n) is 4.03. The van der Waals surface area contributed by atoms with Gasteiger partial charge in [-0.1, -0.05) is 0 Å². The number of hydrogen-bond donors (Lipinski definition) is 1. The first-order valence-electron chi connectivity index (χ1n) is 5.19. The molecular weight excluding hydrogens is 274 g/mol. The number of halogens is 1. The smallest absolute Gasteiger partial charge is 0.407 e. The van der Waals surface area contributed by atoms with Crippen molar-refractivity contribution in [2.24, 2.45) is 0 Å². The van der Waals surface area contributed by atoms with Gasteiger partial charge in [0.15, 0.2) is 0 Å². The van der Waals surface area contributed by atoms with E-state index in [0.717, 1.165) is 28.8 Å². The summed E-state index contributed by atoms with van der Waals surface area (Å²) in [5.41, 5.74) is 0.808. The highest BCUT2D eigenvalue weighted by Gasteiger charge is 2.31. The summed E-state index contributed by atoms with van der Waals surface area (Å²) < 4.78 is 5.67. The third kappa shape index (κ3) is 1.77. The highest BCUT2D eigenvalue weighted by atomic mass is 79.9. The maximum Gasteiger partial charge on any atom is 0.407 e. The molecule has 1 amide bonds. The maximum absolute atomic E-state index is 11.0. The monoisotopic (exact) mass is 283 g/mol. The zero-order valence-electron chi connectivity index (χ0n) is 8.44. The average molecular weight is 284 g/mol. The predicted molar refractivity (Wildman–Crippen MR) is 58.9 cm³/mol. The second-order valence-corrected chi connectivity index (χ2v) is 4.89. The molecule has 0 spiro atoms. The number of hydrogen-bond acceptors (Lipinski definition) is 4. The lowest BCUT2D eigenvalue weighted by Crippen LogP contribution is -2.20. The van der Waals surface area contributed by atoms with E-state index in [4.69, 9.17) is 4.74 Å². The summed E-state index contributed by atoms with van der Waals surface area (Å²) in [4.78, 5) is 19.8. The van der Waals surface area contributed by atoms with Gasteiger partial charge in [-0.2, -0.15) is 0 Å². The molecule has 1 aliphatic heterocycles. The summed E-state index contributed by atoms with van der Waals surface area (Å²) in [5, 5.41) is 2.72. The molecule has 1 aromatic heterocycles. The van der Waals surface area contributed by atoms with Crippen molar-refractivity contribution in [2.45, 2.75) is 24.8 Å². The molecule has 2 heterocycles. The van der Waals surface area contributed by atoms with Crippen LogP contribution in [0.25, 0.3) is 0 Å². The van der Waals surface area contributed by atoms with Crippen LogP contribution in [0.1, 0.15) is 36.3 Å². The van der Waals surface area contributed by atoms with E-state index in [1.54, 1.807) is 6.20 Å². The van der Waals surface area contributed by atoms with E-state index in [-0.39, 0.29) is 12.1 Å². The highest BCUT2D eigenvalue weighted by Crippen LogP contribution is 2.38. The van der Waals surface area contributed by atoms with E-state index in [1.165, 1.54) is 0 Å². The number of nitrogens with one attached hydrogen (secondary N) is 1. The molecule has 0 aromatic carbocycles. The lowest BCUT2D eigenvalue weighted by atomic mass is 10.2. The molecule has 1 N–H and O–H groups in total. The SMILES string of the molecule is O=C1NC(c2nc(C3CC3)ncc2Br)CO1. The Balaban J connectivity index is 1.92. The zero-order chi connectivity index (χ0) is 11.1. The van der Waals surface area contributed by atoms with Crippen molar-refractivity contribution in [3.63, 3.8) is 0 Å². The van der Waals surface area contributed by atoms with E-state index >= 15 is 0 Å². The molecule has 16 heavy (non-hydrogen) atoms. The number of carbonyl (C=O) groups is 1. The summed E-state index contributed by atoms with van der Waals surface area (Å²) in [7, 11) is 0. The summed E-state index contributed by atoms with van der Waals surface area (Å²) >= 11 is 3.40. The molecule has 2 aliphatic rings. The first-order chi connectivity index (χ1) is 7.74. The molecule has 1 aromatic rings. The molecule has 3 rings (SSSR count). The number of nitrogens with zero attached hydrogens (tertiary/aromatic N) is 2. The van der Waals surface area contributed by atoms with Crippen molar-refractivity contribution in [1.29, 1.82) is 0 Å². The lowest BCUT2D eigenvalue weighted by molar-refractivity contribution is 0.177. The van der Waals surface area contributed by atoms with Crippen LogP contribution in [0.5, 0.6) is 0 Å². The fraction of sp³-hybridized carbons (Fsp3) is 0.500. The highest BCUT2D eigenvalue weighted by molar-refractivity contribution is 9.10. The van der Waals surface area contributed by atoms with E-state index in [2.05, 4.69) is 31.2 Å². The first kappa shape index (κ1) is 10.0. The van der Waals surface area contributed by atoms with Crippen molar-refractivity contribution in [1.82, 2.24) is 15.3 Å². The molecular formula is C10H10BrN3O2. The zero-order valence-corrected chi connectivity index (χ0v) is 10.0. The number of carbonyl (C=O) groups excluding carboxylic acids is 1. The maximum atomic E-state index is 11.0. The lowest BCUT2D eigenvalue weighted by Gasteiger charge is -2.09. The number of rotatable bonds is 2. The molecule has 5 nitrogen and oxygen atoms in total. The third-order valence-corrected chi connectivity index (χ3v) is 3.35. The van der Waals surface area contributed by atoms with Crippen LogP contribution in [0, 0.1) is 0 Å². The van der Waals surface area contributed by atoms with Crippen LogP contribution in [-0.2, 0) is 4.74 Å². The molecule has 84 valence electrons. The summed E-state index contributed by atoms with van der Waals surface area (Å²) in [6, 6.07) is -0.164. The summed E-state index contributed by atoms with van der Waals surface area (Å²) in [5.74, 6) is 1.38. The van der Waals surface area contributed by atoms with Gasteiger partial charge in [-0.3, -0.25) is 0 Å². The molecule has 1 saturated carbocycles. The van der Waals surface area contributed by atoms with Gasteiger partial charge in [0.1, 0.15) is 18.5 Å². The number of ether oxygens (including phenoxy) is 1. The van der Waals surface area contributed by atoms with Crippen molar-refractivity contribution in [3.05, 3.63) is 22.2 Å². The van der Waals surface area contributed by atoms with Gasteiger partial charge in [-0.25, -0.2) is 14.8 Å². The topological polar surface area (TPSA) is 64.1 Å². The summed E-state index contributed by atoms with van der Waals surface area (Å²) in [6.07, 6.45) is 3.69. The quantitative estimate of drug-likeness (QED) is 0.900. The van der Waals surface area contributed by atoms with Gasteiger partial charge in [-0.15, -0.1) is 0 Å². The molecule has 6 heteroatoms. The van der Waals surface area contributed by atoms with Gasteiger partial charge in [0.2, 0.25) is 0 Å². The molecule has 1 atom stereocenters. The van der Waals surface area contributed by atoms with E-state index < -0.39 is 0 Å². The minimum atomic E-state index is -0.386. The molecule has 0 radical (unpaired) electrons. The molecule has 1 unspecified atom stereocenters. The van der Waals surface area contributed by atoms with Gasteiger partial charge < -0.3 is 10.1 Å². The molecule has 1 saturated heterocycles. The normalized spacial score (nSPS) is 24.1. The van der Waals surface area contributed by atoms with Gasteiger partial charge >= 0.3 is 6.09 Å². The third-order valence-electron chi connectivity index (χ3n) is 2.74. The Morgan fingerprint density at radius 2 is 2.31 bits per heavy atom. The van der Waals surface area contributed by atoms with Crippen LogP contribution in [0.3, 0.4) is 0 Å². The Morgan fingerprint density at radius 3 is 2.94 bits per heavy atom. The van der Waals surface area contributed by atoms with Crippen LogP contribution >= 0.6 is 15.9 Å². The van der Waals surface area contributed by atoms with Crippen LogP contribution in [0.4, 0.5) is 4.79 Å². The number of amides is 1. The second kappa shape index (κ2) is 3.69. The average Bonchev–Trinajstić information content (AvgIpc) is 3.03. The van der Waals surface area contributed by atoms with E-state index in [9.17, 15) is 4.79 Å². The molecule has 1 aliphatic carbocycles. The summed E-state index contributed by atoms with van der Waals surface area (Å²) in [6.45, 7) is 0.332. The predicted octanol–water partition coefficient (Wildman–Crippen LogP) is 1.90. The Labute approximate surface area is 101 Å². The van der Waals surface area contributed by atoms with Crippen molar-refractivity contribution in [3.8, 4) is 0 Å². The van der Waals surface area contributed by atoms with Crippen LogP contribution in [0.15, 0.2) is 10.7 Å². The number of aromatic nitrogens is 2. The number of alkyl carbamates (subject to hydrolysis) is 1. The van der Waals surface area contributed by atoms with Gasteiger partial charge in [0.25, 0.3) is 0 Å². The van der Waals surface area contributed by atoms with Crippen molar-refractivity contribution < 1.29 is 9.53 Å². The van der Waals surface area contributed by atoms with Gasteiger partial charge in [0, 0.05) is 12.1 Å². The van der Waals surface area contributed by atoms with Crippen LogP contribution < -0.4 is 5.32 Å². The van der Waals surface area contributed by atoms with E-state index in [0.29, 0.717) is 12.5 Å². The number of cyclic esters (lactones) is 1. The fourth-order valence-corrected chi connectivity index (χ4v) is 2.18. The van der Waals surface area contributed by atoms with Gasteiger partial charge in [0.05, 0.1) is 10.2 Å². The van der Waals surface area contributed by atoms with Crippen molar-refractivity contribution in [2.75, 3.05) is 6.61 Å². The van der Waals surface area contributed by atoms with Crippen molar-refractivity contribution >= 4 is 22.0 Å². The first-order valence-corrected chi connectivity index (χ1v) is 5.99. The Bertz CT molecular complexity index is 448. The minimum Gasteiger partial charge on any atom is -0.447 e.